The maximum Gasteiger partial charge on any atom is 0.173 e. The number of ether oxygens (including phenoxy) is 1. The minimum absolute atomic E-state index is 0.128. The van der Waals surface area contributed by atoms with Crippen LogP contribution in [0.2, 0.25) is 0 Å². The molecule has 0 aromatic heterocycles. The molecular formula is C6H14O3S. The van der Waals surface area contributed by atoms with Crippen LogP contribution in [-0.4, -0.2) is 26.7 Å². The molecule has 0 unspecified atom stereocenters. The predicted octanol–water partition coefficient (Wildman–Crippen LogP) is 0.805. The highest BCUT2D eigenvalue weighted by Gasteiger charge is 2.05. The molecule has 0 aromatic carbocycles. The van der Waals surface area contributed by atoms with Gasteiger partial charge in [-0.3, -0.25) is 0 Å². The number of hydrogen-bond acceptors (Lipinski definition) is 3. The van der Waals surface area contributed by atoms with Crippen LogP contribution in [0.25, 0.3) is 0 Å². The SMILES string of the molecule is CCCOCS(=O)(=O)CC. The van der Waals surface area contributed by atoms with E-state index in [4.69, 9.17) is 4.74 Å². The topological polar surface area (TPSA) is 43.4 Å². The van der Waals surface area contributed by atoms with E-state index in [1.807, 2.05) is 6.92 Å². The van der Waals surface area contributed by atoms with Crippen molar-refractivity contribution in [2.45, 2.75) is 20.3 Å². The van der Waals surface area contributed by atoms with Crippen LogP contribution in [0, 0.1) is 0 Å². The van der Waals surface area contributed by atoms with Gasteiger partial charge in [-0.05, 0) is 6.42 Å². The quantitative estimate of drug-likeness (QED) is 0.567. The second-order valence-corrected chi connectivity index (χ2v) is 4.36. The summed E-state index contributed by atoms with van der Waals surface area (Å²) in [6.07, 6.45) is 0.860. The molecule has 0 aliphatic rings. The van der Waals surface area contributed by atoms with Crippen LogP contribution in [0.4, 0.5) is 0 Å². The largest absolute Gasteiger partial charge is 0.366 e. The molecule has 0 amide bonds. The van der Waals surface area contributed by atoms with Crippen molar-refractivity contribution in [3.8, 4) is 0 Å². The molecule has 0 saturated carbocycles. The first kappa shape index (κ1) is 9.91. The smallest absolute Gasteiger partial charge is 0.173 e. The van der Waals surface area contributed by atoms with E-state index in [1.165, 1.54) is 0 Å². The Morgan fingerprint density at radius 2 is 1.90 bits per heavy atom. The third-order valence-electron chi connectivity index (χ3n) is 1.05. The maximum atomic E-state index is 10.7. The maximum absolute atomic E-state index is 10.7. The van der Waals surface area contributed by atoms with E-state index < -0.39 is 9.84 Å². The molecule has 0 radical (unpaired) electrons. The minimum atomic E-state index is -2.91. The van der Waals surface area contributed by atoms with Crippen LogP contribution in [0.1, 0.15) is 20.3 Å². The van der Waals surface area contributed by atoms with E-state index in [1.54, 1.807) is 6.92 Å². The molecule has 0 atom stereocenters. The standard InChI is InChI=1S/C6H14O3S/c1-3-5-9-6-10(7,8)4-2/h3-6H2,1-2H3. The minimum Gasteiger partial charge on any atom is -0.366 e. The Hall–Kier alpha value is -0.0900. The molecule has 0 aliphatic heterocycles. The van der Waals surface area contributed by atoms with E-state index in [-0.39, 0.29) is 11.7 Å². The Morgan fingerprint density at radius 3 is 2.30 bits per heavy atom. The lowest BCUT2D eigenvalue weighted by Gasteiger charge is -2.00. The van der Waals surface area contributed by atoms with Gasteiger partial charge in [0, 0.05) is 12.4 Å². The van der Waals surface area contributed by atoms with Gasteiger partial charge in [-0.15, -0.1) is 0 Å². The average molecular weight is 166 g/mol. The van der Waals surface area contributed by atoms with E-state index >= 15 is 0 Å². The molecule has 0 saturated heterocycles. The van der Waals surface area contributed by atoms with E-state index in [9.17, 15) is 8.42 Å². The Balaban J connectivity index is 3.49. The molecule has 0 spiro atoms. The zero-order chi connectivity index (χ0) is 8.04. The lowest BCUT2D eigenvalue weighted by atomic mass is 10.5. The molecule has 0 rings (SSSR count). The summed E-state index contributed by atoms with van der Waals surface area (Å²) in [7, 11) is -2.91. The third-order valence-corrected chi connectivity index (χ3v) is 2.46. The molecule has 10 heavy (non-hydrogen) atoms. The molecule has 0 fully saturated rings. The first-order chi connectivity index (χ1) is 4.62. The number of rotatable bonds is 5. The fourth-order valence-electron chi connectivity index (χ4n) is 0.414. The summed E-state index contributed by atoms with van der Waals surface area (Å²) in [4.78, 5) is 0. The van der Waals surface area contributed by atoms with E-state index in [2.05, 4.69) is 0 Å². The molecule has 3 nitrogen and oxygen atoms in total. The van der Waals surface area contributed by atoms with Crippen LogP contribution in [0.5, 0.6) is 0 Å². The molecule has 0 aliphatic carbocycles. The van der Waals surface area contributed by atoms with Crippen LogP contribution in [0.3, 0.4) is 0 Å². The highest BCUT2D eigenvalue weighted by molar-refractivity contribution is 7.91. The number of sulfone groups is 1. The summed E-state index contributed by atoms with van der Waals surface area (Å²) >= 11 is 0. The molecule has 0 N–H and O–H groups in total. The van der Waals surface area contributed by atoms with Crippen LogP contribution < -0.4 is 0 Å². The third kappa shape index (κ3) is 4.76. The van der Waals surface area contributed by atoms with Gasteiger partial charge in [0.25, 0.3) is 0 Å². The molecule has 0 bridgehead atoms. The Bertz CT molecular complexity index is 160. The summed E-state index contributed by atoms with van der Waals surface area (Å²) in [6.45, 7) is 4.09. The van der Waals surface area contributed by atoms with Gasteiger partial charge in [0.15, 0.2) is 9.84 Å². The monoisotopic (exact) mass is 166 g/mol. The van der Waals surface area contributed by atoms with Gasteiger partial charge in [0.2, 0.25) is 0 Å². The van der Waals surface area contributed by atoms with Crippen molar-refractivity contribution in [2.75, 3.05) is 18.3 Å². The van der Waals surface area contributed by atoms with Gasteiger partial charge in [-0.25, -0.2) is 8.42 Å². The second kappa shape index (κ2) is 4.68. The Labute approximate surface area is 62.3 Å². The van der Waals surface area contributed by atoms with Gasteiger partial charge in [-0.1, -0.05) is 13.8 Å². The second-order valence-electron chi connectivity index (χ2n) is 2.06. The number of hydrogen-bond donors (Lipinski definition) is 0. The van der Waals surface area contributed by atoms with Crippen molar-refractivity contribution in [3.63, 3.8) is 0 Å². The molecule has 62 valence electrons. The lowest BCUT2D eigenvalue weighted by molar-refractivity contribution is 0.177. The van der Waals surface area contributed by atoms with Gasteiger partial charge in [0.05, 0.1) is 0 Å². The van der Waals surface area contributed by atoms with Crippen molar-refractivity contribution < 1.29 is 13.2 Å². The fraction of sp³-hybridized carbons (Fsp3) is 1.00. The van der Waals surface area contributed by atoms with Crippen molar-refractivity contribution in [2.24, 2.45) is 0 Å². The summed E-state index contributed by atoms with van der Waals surface area (Å²) in [5.41, 5.74) is 0. The van der Waals surface area contributed by atoms with Crippen LogP contribution in [-0.2, 0) is 14.6 Å². The first-order valence-corrected chi connectivity index (χ1v) is 5.22. The average Bonchev–Trinajstić information content (AvgIpc) is 1.89. The van der Waals surface area contributed by atoms with Crippen molar-refractivity contribution in [3.05, 3.63) is 0 Å². The van der Waals surface area contributed by atoms with E-state index in [0.29, 0.717) is 6.61 Å². The van der Waals surface area contributed by atoms with Gasteiger partial charge in [0.1, 0.15) is 5.94 Å². The fourth-order valence-corrected chi connectivity index (χ4v) is 0.952. The summed E-state index contributed by atoms with van der Waals surface area (Å²) in [5.74, 6) is 0.0358. The molecule has 4 heteroatoms. The van der Waals surface area contributed by atoms with E-state index in [0.717, 1.165) is 6.42 Å². The summed E-state index contributed by atoms with van der Waals surface area (Å²) < 4.78 is 26.3. The summed E-state index contributed by atoms with van der Waals surface area (Å²) in [5, 5.41) is 0. The Kier molecular flexibility index (Phi) is 4.64. The highest BCUT2D eigenvalue weighted by atomic mass is 32.2. The van der Waals surface area contributed by atoms with Gasteiger partial charge in [-0.2, -0.15) is 0 Å². The van der Waals surface area contributed by atoms with Crippen molar-refractivity contribution in [1.29, 1.82) is 0 Å². The highest BCUT2D eigenvalue weighted by Crippen LogP contribution is 1.90. The van der Waals surface area contributed by atoms with Crippen molar-refractivity contribution >= 4 is 9.84 Å². The summed E-state index contributed by atoms with van der Waals surface area (Å²) in [6, 6.07) is 0. The Morgan fingerprint density at radius 1 is 1.30 bits per heavy atom. The zero-order valence-corrected chi connectivity index (χ0v) is 7.28. The molecule has 0 aromatic rings. The normalized spacial score (nSPS) is 11.8. The van der Waals surface area contributed by atoms with Crippen LogP contribution >= 0.6 is 0 Å². The lowest BCUT2D eigenvalue weighted by Crippen LogP contribution is -2.11. The van der Waals surface area contributed by atoms with Gasteiger partial charge >= 0.3 is 0 Å². The predicted molar refractivity (Wildman–Crippen MR) is 40.6 cm³/mol. The first-order valence-electron chi connectivity index (χ1n) is 3.40. The molecule has 0 heterocycles. The van der Waals surface area contributed by atoms with Crippen molar-refractivity contribution in [1.82, 2.24) is 0 Å². The van der Waals surface area contributed by atoms with Gasteiger partial charge < -0.3 is 4.74 Å². The zero-order valence-electron chi connectivity index (χ0n) is 6.46. The molecular weight excluding hydrogens is 152 g/mol. The van der Waals surface area contributed by atoms with Crippen LogP contribution in [0.15, 0.2) is 0 Å².